The minimum absolute atomic E-state index is 0.0383. The van der Waals surface area contributed by atoms with Gasteiger partial charge in [0.2, 0.25) is 0 Å². The van der Waals surface area contributed by atoms with Crippen molar-refractivity contribution in [3.8, 4) is 0 Å². The molecule has 0 bridgehead atoms. The zero-order chi connectivity index (χ0) is 12.0. The van der Waals surface area contributed by atoms with Crippen LogP contribution in [0.15, 0.2) is 0 Å². The summed E-state index contributed by atoms with van der Waals surface area (Å²) in [5, 5.41) is 13.1. The van der Waals surface area contributed by atoms with Crippen molar-refractivity contribution in [2.45, 2.75) is 64.6 Å². The molecule has 0 aromatic rings. The molecule has 1 aliphatic rings. The Bertz CT molecular complexity index is 179. The third-order valence-electron chi connectivity index (χ3n) is 3.04. The van der Waals surface area contributed by atoms with Crippen molar-refractivity contribution in [1.29, 1.82) is 0 Å². The van der Waals surface area contributed by atoms with Gasteiger partial charge in [-0.05, 0) is 44.3 Å². The van der Waals surface area contributed by atoms with Gasteiger partial charge in [-0.3, -0.25) is 0 Å². The molecule has 0 heterocycles. The lowest BCUT2D eigenvalue weighted by molar-refractivity contribution is 0.115. The predicted molar refractivity (Wildman–Crippen MR) is 73.0 cm³/mol. The van der Waals surface area contributed by atoms with E-state index >= 15 is 0 Å². The molecule has 0 amide bonds. The summed E-state index contributed by atoms with van der Waals surface area (Å²) in [6.45, 7) is 6.82. The highest BCUT2D eigenvalue weighted by molar-refractivity contribution is 7.99. The van der Waals surface area contributed by atoms with E-state index < -0.39 is 0 Å². The molecule has 1 unspecified atom stereocenters. The van der Waals surface area contributed by atoms with E-state index in [4.69, 9.17) is 0 Å². The number of hydrogen-bond acceptors (Lipinski definition) is 3. The Kier molecular flexibility index (Phi) is 6.78. The van der Waals surface area contributed by atoms with E-state index in [2.05, 4.69) is 26.1 Å². The molecule has 96 valence electrons. The Morgan fingerprint density at radius 1 is 1.12 bits per heavy atom. The van der Waals surface area contributed by atoms with Gasteiger partial charge in [-0.2, -0.15) is 11.8 Å². The molecule has 2 nitrogen and oxygen atoms in total. The summed E-state index contributed by atoms with van der Waals surface area (Å²) in [6.07, 6.45) is 4.19. The van der Waals surface area contributed by atoms with Gasteiger partial charge in [0, 0.05) is 17.8 Å². The van der Waals surface area contributed by atoms with Crippen molar-refractivity contribution in [1.82, 2.24) is 5.32 Å². The van der Waals surface area contributed by atoms with E-state index in [0.717, 1.165) is 31.6 Å². The summed E-state index contributed by atoms with van der Waals surface area (Å²) in [4.78, 5) is 0. The first-order valence-electron chi connectivity index (χ1n) is 6.59. The lowest BCUT2D eigenvalue weighted by Crippen LogP contribution is -2.41. The fraction of sp³-hybridized carbons (Fsp3) is 1.00. The molecule has 16 heavy (non-hydrogen) atoms. The molecule has 3 heteroatoms. The summed E-state index contributed by atoms with van der Waals surface area (Å²) < 4.78 is 0. The number of thioether (sulfide) groups is 1. The van der Waals surface area contributed by atoms with Crippen LogP contribution >= 0.6 is 11.8 Å². The van der Waals surface area contributed by atoms with E-state index in [1.165, 1.54) is 11.5 Å². The summed E-state index contributed by atoms with van der Waals surface area (Å²) in [7, 11) is 0. The Balaban J connectivity index is 2.07. The topological polar surface area (TPSA) is 32.3 Å². The standard InChI is InChI=1S/C13H27NOS/c1-10(2)8-16-9-11(3)14-12-4-6-13(15)7-5-12/h10-15H,4-9H2,1-3H3. The highest BCUT2D eigenvalue weighted by Gasteiger charge is 2.20. The largest absolute Gasteiger partial charge is 0.393 e. The zero-order valence-electron chi connectivity index (χ0n) is 10.9. The van der Waals surface area contributed by atoms with Gasteiger partial charge in [-0.15, -0.1) is 0 Å². The average Bonchev–Trinajstić information content (AvgIpc) is 2.21. The van der Waals surface area contributed by atoms with Crippen molar-refractivity contribution < 1.29 is 5.11 Å². The quantitative estimate of drug-likeness (QED) is 0.754. The van der Waals surface area contributed by atoms with E-state index in [1.807, 2.05) is 11.8 Å². The fourth-order valence-corrected chi connectivity index (χ4v) is 3.23. The molecule has 2 N–H and O–H groups in total. The fourth-order valence-electron chi connectivity index (χ4n) is 2.17. The van der Waals surface area contributed by atoms with Crippen molar-refractivity contribution >= 4 is 11.8 Å². The van der Waals surface area contributed by atoms with E-state index in [1.54, 1.807) is 0 Å². The molecular weight excluding hydrogens is 218 g/mol. The molecule has 1 saturated carbocycles. The molecular formula is C13H27NOS. The van der Waals surface area contributed by atoms with Gasteiger partial charge in [-0.25, -0.2) is 0 Å². The molecule has 0 aromatic heterocycles. The third kappa shape index (κ3) is 6.12. The lowest BCUT2D eigenvalue weighted by atomic mass is 9.93. The van der Waals surface area contributed by atoms with Gasteiger partial charge in [-0.1, -0.05) is 13.8 Å². The molecule has 0 aromatic carbocycles. The number of nitrogens with one attached hydrogen (secondary N) is 1. The molecule has 0 radical (unpaired) electrons. The average molecular weight is 245 g/mol. The molecule has 1 atom stereocenters. The minimum atomic E-state index is -0.0383. The van der Waals surface area contributed by atoms with Crippen LogP contribution in [0.3, 0.4) is 0 Å². The first-order chi connectivity index (χ1) is 7.58. The maximum Gasteiger partial charge on any atom is 0.0541 e. The number of hydrogen-bond donors (Lipinski definition) is 2. The van der Waals surface area contributed by atoms with Crippen molar-refractivity contribution in [2.75, 3.05) is 11.5 Å². The van der Waals surface area contributed by atoms with Gasteiger partial charge in [0.1, 0.15) is 0 Å². The van der Waals surface area contributed by atoms with Crippen LogP contribution in [0.2, 0.25) is 0 Å². The third-order valence-corrected chi connectivity index (χ3v) is 4.67. The molecule has 0 spiro atoms. The first-order valence-corrected chi connectivity index (χ1v) is 7.75. The second-order valence-electron chi connectivity index (χ2n) is 5.50. The number of rotatable bonds is 6. The second kappa shape index (κ2) is 7.57. The lowest BCUT2D eigenvalue weighted by Gasteiger charge is -2.29. The van der Waals surface area contributed by atoms with Gasteiger partial charge in [0.05, 0.1) is 6.10 Å². The predicted octanol–water partition coefficient (Wildman–Crippen LogP) is 2.66. The van der Waals surface area contributed by atoms with Crippen LogP contribution in [0.25, 0.3) is 0 Å². The van der Waals surface area contributed by atoms with Gasteiger partial charge in [0.25, 0.3) is 0 Å². The molecule has 1 fully saturated rings. The zero-order valence-corrected chi connectivity index (χ0v) is 11.7. The van der Waals surface area contributed by atoms with Crippen LogP contribution in [0.5, 0.6) is 0 Å². The van der Waals surface area contributed by atoms with Crippen LogP contribution in [0, 0.1) is 5.92 Å². The maximum atomic E-state index is 9.43. The maximum absolute atomic E-state index is 9.43. The Hall–Kier alpha value is 0.270. The molecule has 1 rings (SSSR count). The first kappa shape index (κ1) is 14.3. The van der Waals surface area contributed by atoms with Gasteiger partial charge in [0.15, 0.2) is 0 Å². The van der Waals surface area contributed by atoms with Crippen molar-refractivity contribution in [3.05, 3.63) is 0 Å². The summed E-state index contributed by atoms with van der Waals surface area (Å²) in [5.41, 5.74) is 0. The van der Waals surface area contributed by atoms with Gasteiger partial charge >= 0.3 is 0 Å². The number of aliphatic hydroxyl groups excluding tert-OH is 1. The highest BCUT2D eigenvalue weighted by atomic mass is 32.2. The SMILES string of the molecule is CC(C)CSCC(C)NC1CCC(O)CC1. The van der Waals surface area contributed by atoms with Crippen LogP contribution in [0.4, 0.5) is 0 Å². The van der Waals surface area contributed by atoms with E-state index in [-0.39, 0.29) is 6.10 Å². The van der Waals surface area contributed by atoms with Gasteiger partial charge < -0.3 is 10.4 Å². The summed E-state index contributed by atoms with van der Waals surface area (Å²) >= 11 is 2.05. The Morgan fingerprint density at radius 3 is 2.31 bits per heavy atom. The molecule has 1 aliphatic carbocycles. The van der Waals surface area contributed by atoms with Crippen molar-refractivity contribution in [3.63, 3.8) is 0 Å². The smallest absolute Gasteiger partial charge is 0.0541 e. The normalized spacial score (nSPS) is 28.3. The van der Waals surface area contributed by atoms with Crippen LogP contribution in [0.1, 0.15) is 46.5 Å². The summed E-state index contributed by atoms with van der Waals surface area (Å²) in [6, 6.07) is 1.24. The monoisotopic (exact) mass is 245 g/mol. The highest BCUT2D eigenvalue weighted by Crippen LogP contribution is 2.19. The Morgan fingerprint density at radius 2 is 1.75 bits per heavy atom. The van der Waals surface area contributed by atoms with Crippen LogP contribution in [-0.2, 0) is 0 Å². The van der Waals surface area contributed by atoms with Crippen LogP contribution in [-0.4, -0.2) is 34.8 Å². The van der Waals surface area contributed by atoms with E-state index in [9.17, 15) is 5.11 Å². The molecule has 0 aliphatic heterocycles. The number of aliphatic hydroxyl groups is 1. The van der Waals surface area contributed by atoms with Crippen molar-refractivity contribution in [2.24, 2.45) is 5.92 Å². The second-order valence-corrected chi connectivity index (χ2v) is 6.58. The Labute approximate surface area is 105 Å². The van der Waals surface area contributed by atoms with Crippen LogP contribution < -0.4 is 5.32 Å². The van der Waals surface area contributed by atoms with E-state index in [0.29, 0.717) is 12.1 Å². The minimum Gasteiger partial charge on any atom is -0.393 e. The summed E-state index contributed by atoms with van der Waals surface area (Å²) in [5.74, 6) is 3.26. The molecule has 0 saturated heterocycles.